The van der Waals surface area contributed by atoms with Crippen LogP contribution >= 0.6 is 0 Å². The second-order valence-corrected chi connectivity index (χ2v) is 6.44. The lowest BCUT2D eigenvalue weighted by Gasteiger charge is -2.30. The summed E-state index contributed by atoms with van der Waals surface area (Å²) >= 11 is 0. The third-order valence-corrected chi connectivity index (χ3v) is 4.91. The van der Waals surface area contributed by atoms with Crippen molar-refractivity contribution in [2.45, 2.75) is 25.9 Å². The Hall–Kier alpha value is -2.89. The van der Waals surface area contributed by atoms with Crippen LogP contribution in [0.25, 0.3) is 5.65 Å². The number of carbonyl (C=O) groups excluding carboxylic acids is 1. The highest BCUT2D eigenvalue weighted by Crippen LogP contribution is 2.28. The number of imidazole rings is 1. The molecular weight excluding hydrogens is 314 g/mol. The van der Waals surface area contributed by atoms with E-state index in [-0.39, 0.29) is 11.9 Å². The van der Waals surface area contributed by atoms with Crippen LogP contribution < -0.4 is 4.90 Å². The first-order chi connectivity index (χ1) is 12.2. The van der Waals surface area contributed by atoms with Gasteiger partial charge in [0.05, 0.1) is 0 Å². The predicted octanol–water partition coefficient (Wildman–Crippen LogP) is 2.60. The minimum Gasteiger partial charge on any atom is -0.372 e. The van der Waals surface area contributed by atoms with Gasteiger partial charge in [-0.1, -0.05) is 25.1 Å². The molecule has 1 aliphatic heterocycles. The zero-order chi connectivity index (χ0) is 17.4. The summed E-state index contributed by atoms with van der Waals surface area (Å²) in [5.41, 5.74) is 3.36. The number of carbonyl (C=O) groups is 1. The van der Waals surface area contributed by atoms with Gasteiger partial charge in [0, 0.05) is 56.7 Å². The number of nitrogens with zero attached hydrogens (tertiary/aromatic N) is 5. The Morgan fingerprint density at radius 3 is 2.76 bits per heavy atom. The summed E-state index contributed by atoms with van der Waals surface area (Å²) in [5, 5.41) is 0. The fraction of sp³-hybridized carbons (Fsp3) is 0.316. The summed E-state index contributed by atoms with van der Waals surface area (Å²) in [6, 6.07) is 8.40. The van der Waals surface area contributed by atoms with Crippen molar-refractivity contribution in [2.24, 2.45) is 0 Å². The molecule has 0 aliphatic carbocycles. The topological polar surface area (TPSA) is 53.7 Å². The highest BCUT2D eigenvalue weighted by molar-refractivity contribution is 5.98. The van der Waals surface area contributed by atoms with Crippen LogP contribution in [-0.4, -0.2) is 44.8 Å². The smallest absolute Gasteiger partial charge is 0.276 e. The Labute approximate surface area is 146 Å². The summed E-state index contributed by atoms with van der Waals surface area (Å²) in [4.78, 5) is 26.2. The van der Waals surface area contributed by atoms with Crippen LogP contribution in [0, 0.1) is 0 Å². The first kappa shape index (κ1) is 15.6. The third-order valence-electron chi connectivity index (χ3n) is 4.91. The molecule has 3 heterocycles. The van der Waals surface area contributed by atoms with Gasteiger partial charge in [-0.25, -0.2) is 9.97 Å². The van der Waals surface area contributed by atoms with Crippen molar-refractivity contribution in [3.05, 3.63) is 60.3 Å². The first-order valence-electron chi connectivity index (χ1n) is 8.56. The first-order valence-corrected chi connectivity index (χ1v) is 8.56. The van der Waals surface area contributed by atoms with Crippen molar-refractivity contribution in [1.29, 1.82) is 0 Å². The van der Waals surface area contributed by atoms with Gasteiger partial charge < -0.3 is 14.2 Å². The Morgan fingerprint density at radius 1 is 1.20 bits per heavy atom. The largest absolute Gasteiger partial charge is 0.372 e. The van der Waals surface area contributed by atoms with Gasteiger partial charge >= 0.3 is 0 Å². The van der Waals surface area contributed by atoms with E-state index in [0.717, 1.165) is 18.5 Å². The second kappa shape index (κ2) is 6.20. The fourth-order valence-electron chi connectivity index (χ4n) is 3.57. The van der Waals surface area contributed by atoms with E-state index in [9.17, 15) is 4.79 Å². The molecule has 1 amide bonds. The molecule has 6 nitrogen and oxygen atoms in total. The van der Waals surface area contributed by atoms with Crippen molar-refractivity contribution in [3.63, 3.8) is 0 Å². The maximum Gasteiger partial charge on any atom is 0.276 e. The van der Waals surface area contributed by atoms with Crippen LogP contribution in [0.5, 0.6) is 0 Å². The highest BCUT2D eigenvalue weighted by atomic mass is 16.2. The van der Waals surface area contributed by atoms with Crippen molar-refractivity contribution in [3.8, 4) is 0 Å². The van der Waals surface area contributed by atoms with E-state index in [1.54, 1.807) is 12.4 Å². The summed E-state index contributed by atoms with van der Waals surface area (Å²) in [6.07, 6.45) is 7.87. The molecule has 25 heavy (non-hydrogen) atoms. The summed E-state index contributed by atoms with van der Waals surface area (Å²) in [6.45, 7) is 3.51. The molecule has 0 unspecified atom stereocenters. The lowest BCUT2D eigenvalue weighted by Crippen LogP contribution is -2.43. The number of hydrogen-bond acceptors (Lipinski definition) is 4. The molecule has 0 saturated heterocycles. The van der Waals surface area contributed by atoms with E-state index in [2.05, 4.69) is 41.0 Å². The lowest BCUT2D eigenvalue weighted by atomic mass is 10.1. The SMILES string of the molecule is CC[C@H]1CN(C)c2ccccc2CN1C(=O)c1nccn2ccnc12. The maximum atomic E-state index is 13.3. The zero-order valence-corrected chi connectivity index (χ0v) is 14.5. The Kier molecular flexibility index (Phi) is 3.87. The van der Waals surface area contributed by atoms with Crippen molar-refractivity contribution in [2.75, 3.05) is 18.5 Å². The van der Waals surface area contributed by atoms with E-state index in [0.29, 0.717) is 17.9 Å². The molecule has 0 spiro atoms. The van der Waals surface area contributed by atoms with Crippen LogP contribution in [-0.2, 0) is 6.54 Å². The summed E-state index contributed by atoms with van der Waals surface area (Å²) in [7, 11) is 2.09. The Bertz CT molecular complexity index is 919. The number of para-hydroxylation sites is 1. The van der Waals surface area contributed by atoms with Gasteiger partial charge in [-0.2, -0.15) is 0 Å². The molecule has 2 aromatic heterocycles. The van der Waals surface area contributed by atoms with Crippen molar-refractivity contribution in [1.82, 2.24) is 19.3 Å². The van der Waals surface area contributed by atoms with Gasteiger partial charge in [0.2, 0.25) is 0 Å². The quantitative estimate of drug-likeness (QED) is 0.722. The molecule has 0 saturated carbocycles. The maximum absolute atomic E-state index is 13.3. The molecule has 0 radical (unpaired) electrons. The number of benzene rings is 1. The third kappa shape index (κ3) is 2.63. The van der Waals surface area contributed by atoms with Crippen LogP contribution in [0.15, 0.2) is 49.1 Å². The van der Waals surface area contributed by atoms with E-state index >= 15 is 0 Å². The number of rotatable bonds is 2. The molecule has 1 aromatic carbocycles. The van der Waals surface area contributed by atoms with Crippen molar-refractivity contribution < 1.29 is 4.79 Å². The number of hydrogen-bond donors (Lipinski definition) is 0. The second-order valence-electron chi connectivity index (χ2n) is 6.44. The van der Waals surface area contributed by atoms with Crippen LogP contribution in [0.3, 0.4) is 0 Å². The van der Waals surface area contributed by atoms with E-state index < -0.39 is 0 Å². The van der Waals surface area contributed by atoms with Crippen molar-refractivity contribution >= 4 is 17.2 Å². The molecule has 6 heteroatoms. The predicted molar refractivity (Wildman–Crippen MR) is 96.7 cm³/mol. The van der Waals surface area contributed by atoms with Gasteiger partial charge in [-0.05, 0) is 18.1 Å². The molecular formula is C19H21N5O. The molecule has 0 bridgehead atoms. The summed E-state index contributed by atoms with van der Waals surface area (Å²) < 4.78 is 1.83. The van der Waals surface area contributed by atoms with E-state index in [1.807, 2.05) is 33.8 Å². The van der Waals surface area contributed by atoms with Gasteiger partial charge in [-0.15, -0.1) is 0 Å². The summed E-state index contributed by atoms with van der Waals surface area (Å²) in [5.74, 6) is -0.0613. The normalized spacial score (nSPS) is 17.4. The van der Waals surface area contributed by atoms with Crippen LogP contribution in [0.4, 0.5) is 5.69 Å². The van der Waals surface area contributed by atoms with Gasteiger partial charge in [-0.3, -0.25) is 4.79 Å². The molecule has 3 aromatic rings. The van der Waals surface area contributed by atoms with Gasteiger partial charge in [0.25, 0.3) is 5.91 Å². The van der Waals surface area contributed by atoms with E-state index in [4.69, 9.17) is 0 Å². The van der Waals surface area contributed by atoms with Crippen LogP contribution in [0.1, 0.15) is 29.4 Å². The Balaban J connectivity index is 1.77. The monoisotopic (exact) mass is 335 g/mol. The molecule has 0 fully saturated rings. The number of fused-ring (bicyclic) bond motifs is 2. The Morgan fingerprint density at radius 2 is 1.96 bits per heavy atom. The molecule has 1 aliphatic rings. The molecule has 4 rings (SSSR count). The average Bonchev–Trinajstić information content (AvgIpc) is 3.07. The number of aromatic nitrogens is 3. The zero-order valence-electron chi connectivity index (χ0n) is 14.5. The molecule has 1 atom stereocenters. The number of likely N-dealkylation sites (N-methyl/N-ethyl adjacent to an activating group) is 1. The van der Waals surface area contributed by atoms with Gasteiger partial charge in [0.1, 0.15) is 0 Å². The lowest BCUT2D eigenvalue weighted by molar-refractivity contribution is 0.0663. The molecule has 128 valence electrons. The van der Waals surface area contributed by atoms with Crippen LogP contribution in [0.2, 0.25) is 0 Å². The minimum absolute atomic E-state index is 0.0613. The highest BCUT2D eigenvalue weighted by Gasteiger charge is 2.31. The number of anilines is 1. The average molecular weight is 335 g/mol. The molecule has 0 N–H and O–H groups in total. The van der Waals surface area contributed by atoms with Gasteiger partial charge in [0.15, 0.2) is 11.3 Å². The number of amides is 1. The minimum atomic E-state index is -0.0613. The fourth-order valence-corrected chi connectivity index (χ4v) is 3.57. The standard InChI is InChI=1S/C19H21N5O/c1-3-15-13-22(2)16-7-5-4-6-14(16)12-24(15)19(25)17-18-21-9-11-23(18)10-8-20-17/h4-11,15H,3,12-13H2,1-2H3/t15-/m0/s1. The van der Waals surface area contributed by atoms with E-state index in [1.165, 1.54) is 5.69 Å².